The third kappa shape index (κ3) is 4.85. The molecule has 0 atom stereocenters. The fourth-order valence-corrected chi connectivity index (χ4v) is 3.19. The van der Waals surface area contributed by atoms with Crippen LogP contribution in [0.1, 0.15) is 32.1 Å². The van der Waals surface area contributed by atoms with Crippen molar-refractivity contribution in [1.29, 1.82) is 0 Å². The molecule has 0 radical (unpaired) electrons. The number of phenols is 1. The minimum atomic E-state index is -1.56. The summed E-state index contributed by atoms with van der Waals surface area (Å²) in [5.74, 6) is -3.00. The van der Waals surface area contributed by atoms with Crippen molar-refractivity contribution in [2.24, 2.45) is 0 Å². The summed E-state index contributed by atoms with van der Waals surface area (Å²) < 4.78 is 5.72. The zero-order chi connectivity index (χ0) is 21.8. The highest BCUT2D eigenvalue weighted by atomic mass is 16.5. The van der Waals surface area contributed by atoms with E-state index >= 15 is 0 Å². The second-order valence-corrected chi connectivity index (χ2v) is 6.86. The van der Waals surface area contributed by atoms with Crippen LogP contribution in [-0.4, -0.2) is 78.5 Å². The number of nitrogens with zero attached hydrogens (tertiary/aromatic N) is 3. The molecule has 0 bridgehead atoms. The number of ether oxygens (including phenoxy) is 1. The van der Waals surface area contributed by atoms with E-state index in [4.69, 9.17) is 19.9 Å². The Labute approximate surface area is 171 Å². The summed E-state index contributed by atoms with van der Waals surface area (Å²) in [5, 5.41) is 46.8. The Morgan fingerprint density at radius 3 is 2.47 bits per heavy atom. The third-order valence-corrected chi connectivity index (χ3v) is 4.68. The maximum atomic E-state index is 11.6. The molecule has 1 saturated heterocycles. The van der Waals surface area contributed by atoms with E-state index in [0.717, 1.165) is 0 Å². The van der Waals surface area contributed by atoms with Crippen LogP contribution in [0.2, 0.25) is 6.32 Å². The maximum absolute atomic E-state index is 11.6. The molecule has 3 rings (SSSR count). The van der Waals surface area contributed by atoms with E-state index in [1.807, 2.05) is 4.90 Å². The summed E-state index contributed by atoms with van der Waals surface area (Å²) in [7, 11) is -1.56. The molecule has 0 spiro atoms. The number of hydrogen-bond acceptors (Lipinski definition) is 9. The summed E-state index contributed by atoms with van der Waals surface area (Å²) in [5.41, 5.74) is 0.0821. The van der Waals surface area contributed by atoms with Gasteiger partial charge in [0.2, 0.25) is 0 Å². The van der Waals surface area contributed by atoms with Gasteiger partial charge in [-0.25, -0.2) is 14.6 Å². The van der Waals surface area contributed by atoms with Gasteiger partial charge < -0.3 is 30.1 Å². The average Bonchev–Trinajstić information content (AvgIpc) is 2.65. The first-order valence-electron chi connectivity index (χ1n) is 9.12. The number of aromatic carboxylic acids is 2. The number of carbonyl (C=O) groups is 2. The van der Waals surface area contributed by atoms with Gasteiger partial charge in [0, 0.05) is 32.0 Å². The number of carboxylic acid groups (broad SMARTS) is 2. The van der Waals surface area contributed by atoms with Crippen LogP contribution in [0.5, 0.6) is 11.5 Å². The molecule has 0 aliphatic carbocycles. The summed E-state index contributed by atoms with van der Waals surface area (Å²) in [6.07, 6.45) is 2.41. The predicted octanol–water partition coefficient (Wildman–Crippen LogP) is -0.143. The summed E-state index contributed by atoms with van der Waals surface area (Å²) in [6.45, 7) is 1.08. The molecule has 0 saturated carbocycles. The molecule has 1 fully saturated rings. The van der Waals surface area contributed by atoms with Crippen molar-refractivity contribution in [2.75, 3.05) is 13.1 Å². The van der Waals surface area contributed by atoms with Crippen molar-refractivity contribution >= 4 is 19.1 Å². The molecule has 158 valence electrons. The number of hydrogen-bond donors (Lipinski definition) is 5. The summed E-state index contributed by atoms with van der Waals surface area (Å²) >= 11 is 0. The lowest BCUT2D eigenvalue weighted by Crippen LogP contribution is -2.53. The molecule has 12 heteroatoms. The maximum Gasteiger partial charge on any atom is 0.451 e. The lowest BCUT2D eigenvalue weighted by Gasteiger charge is -2.39. The molecule has 0 unspecified atom stereocenters. The Balaban J connectivity index is 1.65. The zero-order valence-corrected chi connectivity index (χ0v) is 15.8. The predicted molar refractivity (Wildman–Crippen MR) is 102 cm³/mol. The van der Waals surface area contributed by atoms with Crippen molar-refractivity contribution in [1.82, 2.24) is 14.9 Å². The van der Waals surface area contributed by atoms with Gasteiger partial charge >= 0.3 is 19.1 Å². The van der Waals surface area contributed by atoms with Gasteiger partial charge in [0.05, 0.1) is 5.69 Å². The molecule has 11 nitrogen and oxygen atoms in total. The van der Waals surface area contributed by atoms with Crippen molar-refractivity contribution in [2.45, 2.75) is 25.4 Å². The first-order chi connectivity index (χ1) is 14.3. The van der Waals surface area contributed by atoms with Crippen molar-refractivity contribution in [3.63, 3.8) is 0 Å². The molecular weight excluding hydrogens is 397 g/mol. The highest BCUT2D eigenvalue weighted by Gasteiger charge is 2.32. The van der Waals surface area contributed by atoms with Crippen LogP contribution in [0.4, 0.5) is 0 Å². The van der Waals surface area contributed by atoms with Crippen LogP contribution in [0, 0.1) is 0 Å². The second-order valence-electron chi connectivity index (χ2n) is 6.86. The van der Waals surface area contributed by atoms with Crippen LogP contribution in [0.3, 0.4) is 0 Å². The van der Waals surface area contributed by atoms with Gasteiger partial charge in [-0.3, -0.25) is 9.88 Å². The van der Waals surface area contributed by atoms with Crippen LogP contribution in [0.15, 0.2) is 24.5 Å². The smallest absolute Gasteiger partial charge is 0.451 e. The van der Waals surface area contributed by atoms with Crippen LogP contribution < -0.4 is 4.74 Å². The molecule has 30 heavy (non-hydrogen) atoms. The molecule has 5 N–H and O–H groups in total. The quantitative estimate of drug-likeness (QED) is 0.344. The molecule has 2 heterocycles. The molecule has 1 aliphatic heterocycles. The number of likely N-dealkylation sites (tertiary alicyclic amines) is 1. The number of benzene rings is 1. The van der Waals surface area contributed by atoms with Crippen molar-refractivity contribution in [3.05, 3.63) is 47.0 Å². The fraction of sp³-hybridized carbons (Fsp3) is 0.333. The second kappa shape index (κ2) is 9.07. The summed E-state index contributed by atoms with van der Waals surface area (Å²) in [6, 6.07) is 2.91. The van der Waals surface area contributed by atoms with E-state index in [9.17, 15) is 19.8 Å². The molecule has 0 amide bonds. The van der Waals surface area contributed by atoms with Gasteiger partial charge in [0.25, 0.3) is 0 Å². The zero-order valence-electron chi connectivity index (χ0n) is 15.8. The number of aryl methyl sites for hydroxylation is 1. The van der Waals surface area contributed by atoms with E-state index in [0.29, 0.717) is 18.8 Å². The van der Waals surface area contributed by atoms with Crippen LogP contribution in [0.25, 0.3) is 0 Å². The number of aromatic nitrogens is 2. The topological polar surface area (TPSA) is 174 Å². The summed E-state index contributed by atoms with van der Waals surface area (Å²) in [4.78, 5) is 32.5. The van der Waals surface area contributed by atoms with Gasteiger partial charge in [-0.05, 0) is 24.4 Å². The minimum Gasteiger partial charge on any atom is -0.507 e. The van der Waals surface area contributed by atoms with Crippen LogP contribution >= 0.6 is 0 Å². The standard InChI is InChI=1S/C18H20BN3O8/c23-16-10(3-4-19(28)29)1-2-13(14(16)17(24)25)30-11-7-22(8-11)9-12-15(18(26)27)21-6-5-20-12/h1-2,5-6,11,23,28-29H,3-4,7-9H2,(H,24,25)(H,26,27). The van der Waals surface area contributed by atoms with Gasteiger partial charge in [-0.1, -0.05) is 6.07 Å². The number of aromatic hydroxyl groups is 1. The highest BCUT2D eigenvalue weighted by Crippen LogP contribution is 2.34. The lowest BCUT2D eigenvalue weighted by atomic mass is 9.82. The minimum absolute atomic E-state index is 0.00340. The number of rotatable bonds is 9. The normalized spacial score (nSPS) is 14.2. The Bertz CT molecular complexity index is 949. The van der Waals surface area contributed by atoms with Gasteiger partial charge in [0.1, 0.15) is 23.2 Å². The molecule has 1 aromatic heterocycles. The van der Waals surface area contributed by atoms with E-state index in [-0.39, 0.29) is 48.0 Å². The first-order valence-corrected chi connectivity index (χ1v) is 9.12. The highest BCUT2D eigenvalue weighted by molar-refractivity contribution is 6.41. The Kier molecular flexibility index (Phi) is 6.50. The van der Waals surface area contributed by atoms with Crippen molar-refractivity contribution in [3.8, 4) is 11.5 Å². The van der Waals surface area contributed by atoms with Gasteiger partial charge in [-0.15, -0.1) is 0 Å². The Morgan fingerprint density at radius 1 is 1.13 bits per heavy atom. The lowest BCUT2D eigenvalue weighted by molar-refractivity contribution is 0.0124. The monoisotopic (exact) mass is 417 g/mol. The third-order valence-electron chi connectivity index (χ3n) is 4.68. The SMILES string of the molecule is O=C(O)c1nccnc1CN1CC(Oc2ccc(CCB(O)O)c(O)c2C(=O)O)C1. The van der Waals surface area contributed by atoms with Crippen LogP contribution in [-0.2, 0) is 13.0 Å². The van der Waals surface area contributed by atoms with E-state index in [1.165, 1.54) is 24.5 Å². The molecule has 1 aromatic carbocycles. The molecular formula is C18H20BN3O8. The van der Waals surface area contributed by atoms with E-state index in [2.05, 4.69) is 9.97 Å². The Morgan fingerprint density at radius 2 is 1.83 bits per heavy atom. The molecule has 1 aliphatic rings. The first kappa shape index (κ1) is 21.5. The largest absolute Gasteiger partial charge is 0.507 e. The van der Waals surface area contributed by atoms with E-state index in [1.54, 1.807) is 0 Å². The Hall–Kier alpha value is -3.22. The van der Waals surface area contributed by atoms with Gasteiger partial charge in [-0.2, -0.15) is 0 Å². The van der Waals surface area contributed by atoms with Gasteiger partial charge in [0.15, 0.2) is 5.69 Å². The molecule has 2 aromatic rings. The average molecular weight is 417 g/mol. The van der Waals surface area contributed by atoms with Crippen molar-refractivity contribution < 1.29 is 39.7 Å². The van der Waals surface area contributed by atoms with E-state index < -0.39 is 24.8 Å². The fourth-order valence-electron chi connectivity index (χ4n) is 3.19. The number of carboxylic acids is 2.